The van der Waals surface area contributed by atoms with Gasteiger partial charge in [-0.15, -0.1) is 0 Å². The molecule has 7 heteroatoms. The number of para-hydroxylation sites is 1. The van der Waals surface area contributed by atoms with Crippen LogP contribution in [0, 0.1) is 0 Å². The van der Waals surface area contributed by atoms with Crippen LogP contribution in [0.5, 0.6) is 5.75 Å². The van der Waals surface area contributed by atoms with Gasteiger partial charge in [0.1, 0.15) is 12.1 Å². The lowest BCUT2D eigenvalue weighted by atomic mass is 9.91. The minimum atomic E-state index is -0.175. The van der Waals surface area contributed by atoms with E-state index in [2.05, 4.69) is 10.1 Å². The first-order valence-corrected chi connectivity index (χ1v) is 9.05. The molecule has 1 aliphatic heterocycles. The zero-order valence-electron chi connectivity index (χ0n) is 15.0. The number of benzene rings is 2. The standard InChI is InChI=1S/C20H19ClN4O2/c1-13(26)24-17(14-7-9-15(21)10-8-14)11-18(25-20(24)22-12-23-25)16-5-3-4-6-19(16)27-2/h3-10,12,17-18H,11H2,1-2H3/t17-,18+/m0/s1. The smallest absolute Gasteiger partial charge is 0.231 e. The monoisotopic (exact) mass is 382 g/mol. The molecule has 138 valence electrons. The minimum absolute atomic E-state index is 0.0809. The summed E-state index contributed by atoms with van der Waals surface area (Å²) in [6.45, 7) is 1.55. The van der Waals surface area contributed by atoms with Crippen LogP contribution in [0.1, 0.15) is 36.6 Å². The van der Waals surface area contributed by atoms with Crippen molar-refractivity contribution in [1.82, 2.24) is 14.8 Å². The van der Waals surface area contributed by atoms with Crippen LogP contribution in [-0.2, 0) is 4.79 Å². The van der Waals surface area contributed by atoms with Crippen molar-refractivity contribution in [3.63, 3.8) is 0 Å². The second kappa shape index (κ2) is 7.04. The second-order valence-corrected chi connectivity index (χ2v) is 6.89. The Labute approximate surface area is 162 Å². The van der Waals surface area contributed by atoms with Gasteiger partial charge in [-0.05, 0) is 30.2 Å². The van der Waals surface area contributed by atoms with E-state index in [0.29, 0.717) is 17.4 Å². The van der Waals surface area contributed by atoms with Gasteiger partial charge < -0.3 is 4.74 Å². The Morgan fingerprint density at radius 3 is 2.59 bits per heavy atom. The van der Waals surface area contributed by atoms with Gasteiger partial charge in [0.2, 0.25) is 11.9 Å². The van der Waals surface area contributed by atoms with Gasteiger partial charge in [0.25, 0.3) is 0 Å². The third kappa shape index (κ3) is 3.06. The van der Waals surface area contributed by atoms with E-state index >= 15 is 0 Å². The Balaban J connectivity index is 1.86. The van der Waals surface area contributed by atoms with Gasteiger partial charge >= 0.3 is 0 Å². The number of ether oxygens (including phenoxy) is 1. The van der Waals surface area contributed by atoms with Gasteiger partial charge in [0.05, 0.1) is 19.2 Å². The van der Waals surface area contributed by atoms with Gasteiger partial charge in [-0.25, -0.2) is 4.68 Å². The molecule has 2 atom stereocenters. The van der Waals surface area contributed by atoms with E-state index in [-0.39, 0.29) is 18.0 Å². The van der Waals surface area contributed by atoms with E-state index in [0.717, 1.165) is 16.9 Å². The molecule has 0 fully saturated rings. The molecule has 2 heterocycles. The van der Waals surface area contributed by atoms with Crippen molar-refractivity contribution in [2.45, 2.75) is 25.4 Å². The number of carbonyl (C=O) groups is 1. The van der Waals surface area contributed by atoms with Gasteiger partial charge in [0, 0.05) is 17.5 Å². The highest BCUT2D eigenvalue weighted by molar-refractivity contribution is 6.30. The zero-order valence-corrected chi connectivity index (χ0v) is 15.8. The fourth-order valence-electron chi connectivity index (χ4n) is 3.72. The topological polar surface area (TPSA) is 60.2 Å². The Bertz CT molecular complexity index is 970. The van der Waals surface area contributed by atoms with Crippen LogP contribution in [0.25, 0.3) is 0 Å². The number of aromatic nitrogens is 3. The van der Waals surface area contributed by atoms with E-state index in [1.54, 1.807) is 23.6 Å². The lowest BCUT2D eigenvalue weighted by molar-refractivity contribution is -0.117. The van der Waals surface area contributed by atoms with Crippen LogP contribution in [-0.4, -0.2) is 27.8 Å². The van der Waals surface area contributed by atoms with Crippen LogP contribution < -0.4 is 9.64 Å². The zero-order chi connectivity index (χ0) is 19.0. The molecule has 3 aromatic rings. The third-order valence-corrected chi connectivity index (χ3v) is 5.17. The SMILES string of the molecule is COc1ccccc1[C@H]1C[C@@H](c2ccc(Cl)cc2)N(C(C)=O)c2ncnn21. The van der Waals surface area contributed by atoms with Crippen molar-refractivity contribution in [3.05, 3.63) is 71.0 Å². The highest BCUT2D eigenvalue weighted by Crippen LogP contribution is 2.43. The maximum atomic E-state index is 12.5. The number of hydrogen-bond donors (Lipinski definition) is 0. The molecule has 1 amide bonds. The van der Waals surface area contributed by atoms with Crippen molar-refractivity contribution in [1.29, 1.82) is 0 Å². The molecule has 2 aromatic carbocycles. The maximum Gasteiger partial charge on any atom is 0.231 e. The predicted molar refractivity (Wildman–Crippen MR) is 103 cm³/mol. The van der Waals surface area contributed by atoms with Gasteiger partial charge in [-0.1, -0.05) is 41.9 Å². The van der Waals surface area contributed by atoms with Crippen molar-refractivity contribution in [2.24, 2.45) is 0 Å². The molecule has 1 aromatic heterocycles. The molecule has 0 aliphatic carbocycles. The Kier molecular flexibility index (Phi) is 4.58. The minimum Gasteiger partial charge on any atom is -0.496 e. The number of rotatable bonds is 3. The summed E-state index contributed by atoms with van der Waals surface area (Å²) in [5.74, 6) is 1.24. The predicted octanol–water partition coefficient (Wildman–Crippen LogP) is 4.03. The van der Waals surface area contributed by atoms with E-state index in [1.165, 1.54) is 6.33 Å². The average Bonchev–Trinajstić information content (AvgIpc) is 3.16. The summed E-state index contributed by atoms with van der Waals surface area (Å²) in [7, 11) is 1.66. The van der Waals surface area contributed by atoms with Crippen LogP contribution in [0.4, 0.5) is 5.95 Å². The Hall–Kier alpha value is -2.86. The van der Waals surface area contributed by atoms with E-state index < -0.39 is 0 Å². The number of methoxy groups -OCH3 is 1. The number of halogens is 1. The molecule has 0 N–H and O–H groups in total. The third-order valence-electron chi connectivity index (χ3n) is 4.91. The fraction of sp³-hybridized carbons (Fsp3) is 0.250. The van der Waals surface area contributed by atoms with Crippen molar-refractivity contribution in [3.8, 4) is 5.75 Å². The highest BCUT2D eigenvalue weighted by atomic mass is 35.5. The quantitative estimate of drug-likeness (QED) is 0.686. The molecule has 0 bridgehead atoms. The lowest BCUT2D eigenvalue weighted by Crippen LogP contribution is -2.41. The fourth-order valence-corrected chi connectivity index (χ4v) is 3.85. The summed E-state index contributed by atoms with van der Waals surface area (Å²) >= 11 is 6.05. The number of carbonyl (C=O) groups excluding carboxylic acids is 1. The van der Waals surface area contributed by atoms with Crippen LogP contribution in [0.15, 0.2) is 54.9 Å². The summed E-state index contributed by atoms with van der Waals surface area (Å²) in [4.78, 5) is 18.5. The average molecular weight is 383 g/mol. The summed E-state index contributed by atoms with van der Waals surface area (Å²) in [5, 5.41) is 5.06. The Morgan fingerprint density at radius 2 is 1.89 bits per heavy atom. The van der Waals surface area contributed by atoms with Crippen LogP contribution in [0.2, 0.25) is 5.02 Å². The second-order valence-electron chi connectivity index (χ2n) is 6.45. The number of amides is 1. The molecular weight excluding hydrogens is 364 g/mol. The van der Waals surface area contributed by atoms with Crippen LogP contribution >= 0.6 is 11.6 Å². The molecule has 4 rings (SSSR count). The first-order chi connectivity index (χ1) is 13.1. The molecule has 27 heavy (non-hydrogen) atoms. The summed E-state index contributed by atoms with van der Waals surface area (Å²) in [6.07, 6.45) is 2.13. The molecule has 0 saturated carbocycles. The molecule has 0 spiro atoms. The van der Waals surface area contributed by atoms with Crippen molar-refractivity contribution in [2.75, 3.05) is 12.0 Å². The largest absolute Gasteiger partial charge is 0.496 e. The lowest BCUT2D eigenvalue weighted by Gasteiger charge is -2.38. The van der Waals surface area contributed by atoms with Crippen molar-refractivity contribution < 1.29 is 9.53 Å². The highest BCUT2D eigenvalue weighted by Gasteiger charge is 2.38. The summed E-state index contributed by atoms with van der Waals surface area (Å²) in [5.41, 5.74) is 2.01. The Morgan fingerprint density at radius 1 is 1.15 bits per heavy atom. The molecule has 0 radical (unpaired) electrons. The molecule has 1 aliphatic rings. The normalized spacial score (nSPS) is 18.9. The maximum absolute atomic E-state index is 12.5. The molecule has 0 saturated heterocycles. The number of nitrogens with zero attached hydrogens (tertiary/aromatic N) is 4. The van der Waals surface area contributed by atoms with Crippen molar-refractivity contribution >= 4 is 23.5 Å². The summed E-state index contributed by atoms with van der Waals surface area (Å²) in [6, 6.07) is 15.2. The van der Waals surface area contributed by atoms with E-state index in [9.17, 15) is 4.79 Å². The first kappa shape index (κ1) is 17.5. The number of hydrogen-bond acceptors (Lipinski definition) is 4. The summed E-state index contributed by atoms with van der Waals surface area (Å²) < 4.78 is 7.36. The number of fused-ring (bicyclic) bond motifs is 1. The number of anilines is 1. The van der Waals surface area contributed by atoms with Gasteiger partial charge in [-0.3, -0.25) is 9.69 Å². The van der Waals surface area contributed by atoms with Gasteiger partial charge in [-0.2, -0.15) is 10.1 Å². The molecule has 0 unspecified atom stereocenters. The van der Waals surface area contributed by atoms with Gasteiger partial charge in [0.15, 0.2) is 0 Å². The first-order valence-electron chi connectivity index (χ1n) is 8.68. The van der Waals surface area contributed by atoms with Crippen LogP contribution in [0.3, 0.4) is 0 Å². The van der Waals surface area contributed by atoms with E-state index in [4.69, 9.17) is 16.3 Å². The van der Waals surface area contributed by atoms with E-state index in [1.807, 2.05) is 48.5 Å². The molecular formula is C20H19ClN4O2. The molecule has 6 nitrogen and oxygen atoms in total.